The van der Waals surface area contributed by atoms with Crippen LogP contribution in [0.3, 0.4) is 0 Å². The summed E-state index contributed by atoms with van der Waals surface area (Å²) in [5, 5.41) is 11.7. The zero-order chi connectivity index (χ0) is 12.8. The third-order valence-corrected chi connectivity index (χ3v) is 2.59. The molecule has 5 heteroatoms. The van der Waals surface area contributed by atoms with Crippen LogP contribution in [0.1, 0.15) is 12.5 Å². The van der Waals surface area contributed by atoms with Crippen LogP contribution in [0.25, 0.3) is 0 Å². The number of nitrogens with zero attached hydrogens (tertiary/aromatic N) is 1. The van der Waals surface area contributed by atoms with Crippen LogP contribution >= 0.6 is 0 Å². The van der Waals surface area contributed by atoms with Gasteiger partial charge in [0.1, 0.15) is 5.82 Å². The van der Waals surface area contributed by atoms with E-state index in [0.29, 0.717) is 12.2 Å². The summed E-state index contributed by atoms with van der Waals surface area (Å²) in [5.74, 6) is -0.611. The lowest BCUT2D eigenvalue weighted by atomic mass is 10.1. The summed E-state index contributed by atoms with van der Waals surface area (Å²) in [6.07, 6.45) is 0. The molecule has 4 nitrogen and oxygen atoms in total. The predicted octanol–water partition coefficient (Wildman–Crippen LogP) is 0.890. The molecule has 0 aromatic heterocycles. The minimum atomic E-state index is -0.458. The Hall–Kier alpha value is -1.62. The van der Waals surface area contributed by atoms with E-state index in [1.54, 1.807) is 24.1 Å². The van der Waals surface area contributed by atoms with Gasteiger partial charge in [0.15, 0.2) is 0 Å². The highest BCUT2D eigenvalue weighted by Gasteiger charge is 2.14. The summed E-state index contributed by atoms with van der Waals surface area (Å²) in [6.45, 7) is 2.19. The van der Waals surface area contributed by atoms with Gasteiger partial charge in [0, 0.05) is 24.8 Å². The van der Waals surface area contributed by atoms with E-state index in [9.17, 15) is 9.18 Å². The maximum absolute atomic E-state index is 13.5. The van der Waals surface area contributed by atoms with Gasteiger partial charge in [0.2, 0.25) is 5.91 Å². The monoisotopic (exact) mass is 240 g/mol. The Morgan fingerprint density at radius 2 is 2.24 bits per heavy atom. The van der Waals surface area contributed by atoms with Gasteiger partial charge in [-0.2, -0.15) is 0 Å². The van der Waals surface area contributed by atoms with Crippen molar-refractivity contribution in [2.75, 3.05) is 25.0 Å². The Kier molecular flexibility index (Phi) is 4.90. The normalized spacial score (nSPS) is 10.1. The molecule has 0 unspecified atom stereocenters. The first-order chi connectivity index (χ1) is 8.13. The maximum Gasteiger partial charge on any atom is 0.239 e. The van der Waals surface area contributed by atoms with Crippen LogP contribution in [0.5, 0.6) is 0 Å². The zero-order valence-corrected chi connectivity index (χ0v) is 10.0. The number of amides is 1. The SMILES string of the molecule is CCN(CC(=O)NC)c1cccc(F)c1CO. The van der Waals surface area contributed by atoms with Crippen molar-refractivity contribution in [1.82, 2.24) is 5.32 Å². The molecular formula is C12H17FN2O2. The lowest BCUT2D eigenvalue weighted by Crippen LogP contribution is -2.36. The van der Waals surface area contributed by atoms with E-state index in [-0.39, 0.29) is 24.6 Å². The molecule has 0 aliphatic carbocycles. The Bertz CT molecular complexity index is 396. The number of hydrogen-bond donors (Lipinski definition) is 2. The highest BCUT2D eigenvalue weighted by Crippen LogP contribution is 2.23. The van der Waals surface area contributed by atoms with Gasteiger partial charge in [-0.05, 0) is 19.1 Å². The number of benzene rings is 1. The average molecular weight is 240 g/mol. The van der Waals surface area contributed by atoms with Crippen molar-refractivity contribution in [3.05, 3.63) is 29.6 Å². The van der Waals surface area contributed by atoms with Gasteiger partial charge in [-0.1, -0.05) is 6.07 Å². The van der Waals surface area contributed by atoms with Crippen molar-refractivity contribution in [2.24, 2.45) is 0 Å². The van der Waals surface area contributed by atoms with E-state index in [4.69, 9.17) is 5.11 Å². The van der Waals surface area contributed by atoms with Crippen molar-refractivity contribution in [1.29, 1.82) is 0 Å². The second kappa shape index (κ2) is 6.20. The average Bonchev–Trinajstić information content (AvgIpc) is 2.35. The molecule has 1 aromatic rings. The Morgan fingerprint density at radius 3 is 2.76 bits per heavy atom. The summed E-state index contributed by atoms with van der Waals surface area (Å²) in [6, 6.07) is 4.56. The molecule has 1 aromatic carbocycles. The minimum absolute atomic E-state index is 0.142. The highest BCUT2D eigenvalue weighted by atomic mass is 19.1. The van der Waals surface area contributed by atoms with Crippen LogP contribution < -0.4 is 10.2 Å². The topological polar surface area (TPSA) is 52.6 Å². The van der Waals surface area contributed by atoms with Crippen LogP contribution in [-0.2, 0) is 11.4 Å². The summed E-state index contributed by atoms with van der Waals surface area (Å²) < 4.78 is 13.5. The lowest BCUT2D eigenvalue weighted by molar-refractivity contribution is -0.119. The number of carbonyl (C=O) groups is 1. The van der Waals surface area contributed by atoms with Gasteiger partial charge in [-0.15, -0.1) is 0 Å². The molecule has 0 saturated heterocycles. The third-order valence-electron chi connectivity index (χ3n) is 2.59. The molecule has 1 rings (SSSR count). The van der Waals surface area contributed by atoms with Crippen LogP contribution in [0.4, 0.5) is 10.1 Å². The van der Waals surface area contributed by atoms with Crippen LogP contribution in [0.2, 0.25) is 0 Å². The number of nitrogens with one attached hydrogen (secondary N) is 1. The van der Waals surface area contributed by atoms with Crippen molar-refractivity contribution in [3.8, 4) is 0 Å². The minimum Gasteiger partial charge on any atom is -0.391 e. The summed E-state index contributed by atoms with van der Waals surface area (Å²) in [7, 11) is 1.55. The molecule has 0 radical (unpaired) electrons. The number of aliphatic hydroxyl groups excluding tert-OH is 1. The fraction of sp³-hybridized carbons (Fsp3) is 0.417. The summed E-state index contributed by atoms with van der Waals surface area (Å²) >= 11 is 0. The van der Waals surface area contributed by atoms with E-state index in [1.807, 2.05) is 6.92 Å². The number of hydrogen-bond acceptors (Lipinski definition) is 3. The van der Waals surface area contributed by atoms with Gasteiger partial charge in [0.05, 0.1) is 13.2 Å². The zero-order valence-electron chi connectivity index (χ0n) is 10.0. The first-order valence-electron chi connectivity index (χ1n) is 5.47. The van der Waals surface area contributed by atoms with Gasteiger partial charge < -0.3 is 15.3 Å². The van der Waals surface area contributed by atoms with Crippen molar-refractivity contribution in [2.45, 2.75) is 13.5 Å². The molecule has 0 bridgehead atoms. The molecule has 0 aliphatic rings. The van der Waals surface area contributed by atoms with E-state index in [2.05, 4.69) is 5.32 Å². The van der Waals surface area contributed by atoms with Crippen molar-refractivity contribution >= 4 is 11.6 Å². The number of anilines is 1. The van der Waals surface area contributed by atoms with Gasteiger partial charge in [-0.3, -0.25) is 4.79 Å². The van der Waals surface area contributed by atoms with Crippen molar-refractivity contribution in [3.63, 3.8) is 0 Å². The number of carbonyl (C=O) groups excluding carboxylic acids is 1. The Balaban J connectivity index is 3.03. The lowest BCUT2D eigenvalue weighted by Gasteiger charge is -2.24. The van der Waals surface area contributed by atoms with Crippen LogP contribution in [0.15, 0.2) is 18.2 Å². The van der Waals surface area contributed by atoms with E-state index < -0.39 is 5.82 Å². The summed E-state index contributed by atoms with van der Waals surface area (Å²) in [4.78, 5) is 13.0. The van der Waals surface area contributed by atoms with Gasteiger partial charge in [-0.25, -0.2) is 4.39 Å². The largest absolute Gasteiger partial charge is 0.391 e. The number of rotatable bonds is 5. The fourth-order valence-electron chi connectivity index (χ4n) is 1.62. The molecule has 0 spiro atoms. The quantitative estimate of drug-likeness (QED) is 0.803. The standard InChI is InChI=1S/C12H17FN2O2/c1-3-15(7-12(17)14-2)11-6-4-5-10(13)9(11)8-16/h4-6,16H,3,7-8H2,1-2H3,(H,14,17). The second-order valence-electron chi connectivity index (χ2n) is 3.58. The third kappa shape index (κ3) is 3.17. The molecule has 0 atom stereocenters. The van der Waals surface area contributed by atoms with E-state index in [1.165, 1.54) is 6.07 Å². The number of aliphatic hydroxyl groups is 1. The second-order valence-corrected chi connectivity index (χ2v) is 3.58. The molecule has 1 amide bonds. The molecule has 0 aliphatic heterocycles. The molecule has 0 fully saturated rings. The molecule has 0 heterocycles. The Labute approximate surface area is 100 Å². The van der Waals surface area contributed by atoms with E-state index in [0.717, 1.165) is 0 Å². The van der Waals surface area contributed by atoms with Crippen molar-refractivity contribution < 1.29 is 14.3 Å². The van der Waals surface area contributed by atoms with E-state index >= 15 is 0 Å². The molecule has 2 N–H and O–H groups in total. The van der Waals surface area contributed by atoms with Crippen LogP contribution in [-0.4, -0.2) is 31.2 Å². The molecule has 94 valence electrons. The predicted molar refractivity (Wildman–Crippen MR) is 64.3 cm³/mol. The highest BCUT2D eigenvalue weighted by molar-refractivity contribution is 5.81. The number of halogens is 1. The van der Waals surface area contributed by atoms with Crippen LogP contribution in [0, 0.1) is 5.82 Å². The van der Waals surface area contributed by atoms with Gasteiger partial charge >= 0.3 is 0 Å². The number of likely N-dealkylation sites (N-methyl/N-ethyl adjacent to an activating group) is 2. The summed E-state index contributed by atoms with van der Waals surface area (Å²) in [5.41, 5.74) is 0.775. The first-order valence-corrected chi connectivity index (χ1v) is 5.47. The molecular weight excluding hydrogens is 223 g/mol. The molecule has 0 saturated carbocycles. The Morgan fingerprint density at radius 1 is 1.53 bits per heavy atom. The maximum atomic E-state index is 13.5. The fourth-order valence-corrected chi connectivity index (χ4v) is 1.62. The smallest absolute Gasteiger partial charge is 0.239 e. The molecule has 17 heavy (non-hydrogen) atoms. The van der Waals surface area contributed by atoms with Gasteiger partial charge in [0.25, 0.3) is 0 Å². The first kappa shape index (κ1) is 13.4.